The molecule has 0 saturated heterocycles. The number of rotatable bonds is 0. The van der Waals surface area contributed by atoms with E-state index >= 15 is 0 Å². The molecular weight excluding hydrogens is 157 g/mol. The summed E-state index contributed by atoms with van der Waals surface area (Å²) < 4.78 is 0. The van der Waals surface area contributed by atoms with Crippen LogP contribution >= 0.6 is 0 Å². The Morgan fingerprint density at radius 3 is 2.69 bits per heavy atom. The first-order valence-corrected chi connectivity index (χ1v) is 4.23. The molecule has 0 bridgehead atoms. The highest BCUT2D eigenvalue weighted by Crippen LogP contribution is 2.21. The van der Waals surface area contributed by atoms with Gasteiger partial charge < -0.3 is 5.73 Å². The molecule has 13 heavy (non-hydrogen) atoms. The predicted molar refractivity (Wildman–Crippen MR) is 58.5 cm³/mol. The van der Waals surface area contributed by atoms with E-state index in [2.05, 4.69) is 0 Å². The van der Waals surface area contributed by atoms with Gasteiger partial charge in [0.15, 0.2) is 0 Å². The fraction of sp³-hybridized carbons (Fsp3) is 0.0909. The van der Waals surface area contributed by atoms with Gasteiger partial charge in [-0.1, -0.05) is 29.7 Å². The van der Waals surface area contributed by atoms with Crippen molar-refractivity contribution in [2.24, 2.45) is 0 Å². The van der Waals surface area contributed by atoms with E-state index in [9.17, 15) is 0 Å². The summed E-state index contributed by atoms with van der Waals surface area (Å²) in [5.41, 5.74) is 8.53. The van der Waals surface area contributed by atoms with Crippen LogP contribution in [0.3, 0.4) is 0 Å². The minimum atomic E-state index is 0.789. The van der Waals surface area contributed by atoms with Crippen molar-refractivity contribution in [3.05, 3.63) is 35.9 Å². The molecule has 2 aromatic carbocycles. The lowest BCUT2D eigenvalue weighted by atomic mass is 9.92. The Kier molecular flexibility index (Phi) is 1.76. The fourth-order valence-electron chi connectivity index (χ4n) is 1.52. The molecule has 0 unspecified atom stereocenters. The van der Waals surface area contributed by atoms with Gasteiger partial charge in [-0.3, -0.25) is 0 Å². The first-order chi connectivity index (χ1) is 6.18. The third-order valence-corrected chi connectivity index (χ3v) is 2.36. The molecule has 0 aliphatic heterocycles. The van der Waals surface area contributed by atoms with Gasteiger partial charge in [-0.05, 0) is 29.3 Å². The maximum Gasteiger partial charge on any atom is 0.113 e. The third-order valence-electron chi connectivity index (χ3n) is 2.36. The van der Waals surface area contributed by atoms with E-state index in [1.54, 1.807) is 0 Å². The summed E-state index contributed by atoms with van der Waals surface area (Å²) >= 11 is 0. The van der Waals surface area contributed by atoms with Crippen molar-refractivity contribution < 1.29 is 0 Å². The molecule has 0 spiro atoms. The molecule has 0 amide bonds. The Morgan fingerprint density at radius 2 is 1.92 bits per heavy atom. The molecule has 2 rings (SSSR count). The van der Waals surface area contributed by atoms with Crippen molar-refractivity contribution in [2.75, 3.05) is 5.73 Å². The molecule has 2 radical (unpaired) electrons. The third kappa shape index (κ3) is 1.28. The van der Waals surface area contributed by atoms with Crippen molar-refractivity contribution in [3.8, 4) is 0 Å². The van der Waals surface area contributed by atoms with E-state index in [0.29, 0.717) is 0 Å². The summed E-state index contributed by atoms with van der Waals surface area (Å²) in [5, 5.41) is 2.32. The molecule has 0 aliphatic rings. The molecule has 0 atom stereocenters. The molecule has 0 aliphatic carbocycles. The van der Waals surface area contributed by atoms with E-state index in [1.807, 2.05) is 37.3 Å². The Morgan fingerprint density at radius 1 is 1.15 bits per heavy atom. The lowest BCUT2D eigenvalue weighted by Gasteiger charge is -2.05. The molecular formula is C11H10BN. The van der Waals surface area contributed by atoms with Crippen LogP contribution in [-0.4, -0.2) is 7.85 Å². The van der Waals surface area contributed by atoms with E-state index in [0.717, 1.165) is 22.1 Å². The van der Waals surface area contributed by atoms with Crippen molar-refractivity contribution in [1.82, 2.24) is 0 Å². The Bertz CT molecular complexity index is 463. The van der Waals surface area contributed by atoms with Crippen LogP contribution in [0.2, 0.25) is 0 Å². The lowest BCUT2D eigenvalue weighted by molar-refractivity contribution is 1.53. The van der Waals surface area contributed by atoms with Crippen LogP contribution in [0.5, 0.6) is 0 Å². The number of fused-ring (bicyclic) bond motifs is 1. The monoisotopic (exact) mass is 167 g/mol. The standard InChI is InChI=1S/C11H10BN/c1-7-10-4-3-9(12)6-8(10)2-5-11(7)13/h2-6H,13H2,1H3. The second-order valence-electron chi connectivity index (χ2n) is 3.26. The highest BCUT2D eigenvalue weighted by atomic mass is 14.5. The maximum atomic E-state index is 5.79. The number of hydrogen-bond donors (Lipinski definition) is 1. The molecule has 0 aromatic heterocycles. The summed E-state index contributed by atoms with van der Waals surface area (Å²) in [4.78, 5) is 0. The van der Waals surface area contributed by atoms with E-state index in [1.165, 1.54) is 5.39 Å². The van der Waals surface area contributed by atoms with Gasteiger partial charge >= 0.3 is 0 Å². The van der Waals surface area contributed by atoms with Gasteiger partial charge in [0.25, 0.3) is 0 Å². The fourth-order valence-corrected chi connectivity index (χ4v) is 1.52. The zero-order valence-electron chi connectivity index (χ0n) is 7.54. The average Bonchev–Trinajstić information content (AvgIpc) is 2.12. The van der Waals surface area contributed by atoms with Gasteiger partial charge in [-0.25, -0.2) is 0 Å². The quantitative estimate of drug-likeness (QED) is 0.467. The summed E-state index contributed by atoms with van der Waals surface area (Å²) in [7, 11) is 5.68. The van der Waals surface area contributed by atoms with Crippen LogP contribution in [0.25, 0.3) is 10.8 Å². The second kappa shape index (κ2) is 2.80. The largest absolute Gasteiger partial charge is 0.398 e. The van der Waals surface area contributed by atoms with Crippen LogP contribution in [-0.2, 0) is 0 Å². The molecule has 1 nitrogen and oxygen atoms in total. The lowest BCUT2D eigenvalue weighted by Crippen LogP contribution is -2.00. The van der Waals surface area contributed by atoms with Crippen LogP contribution in [0.1, 0.15) is 5.56 Å². The first kappa shape index (κ1) is 8.18. The molecule has 0 fully saturated rings. The van der Waals surface area contributed by atoms with Crippen LogP contribution in [0, 0.1) is 6.92 Å². The van der Waals surface area contributed by atoms with Gasteiger partial charge in [0.1, 0.15) is 7.85 Å². The highest BCUT2D eigenvalue weighted by molar-refractivity contribution is 6.33. The molecule has 0 saturated carbocycles. The Labute approximate surface area is 79.0 Å². The second-order valence-corrected chi connectivity index (χ2v) is 3.26. The van der Waals surface area contributed by atoms with Crippen LogP contribution in [0.15, 0.2) is 30.3 Å². The van der Waals surface area contributed by atoms with Crippen molar-refractivity contribution in [2.45, 2.75) is 6.92 Å². The number of benzene rings is 2. The Balaban J connectivity index is 2.87. The van der Waals surface area contributed by atoms with Gasteiger partial charge in [-0.2, -0.15) is 0 Å². The summed E-state index contributed by atoms with van der Waals surface area (Å²) in [5.74, 6) is 0. The van der Waals surface area contributed by atoms with E-state index in [-0.39, 0.29) is 0 Å². The number of nitrogens with two attached hydrogens (primary N) is 1. The van der Waals surface area contributed by atoms with Gasteiger partial charge in [0, 0.05) is 5.69 Å². The maximum absolute atomic E-state index is 5.79. The van der Waals surface area contributed by atoms with Crippen molar-refractivity contribution >= 4 is 29.8 Å². The zero-order chi connectivity index (χ0) is 9.42. The Hall–Kier alpha value is -1.44. The number of hydrogen-bond acceptors (Lipinski definition) is 1. The molecule has 2 heteroatoms. The normalized spacial score (nSPS) is 10.5. The topological polar surface area (TPSA) is 26.0 Å². The highest BCUT2D eigenvalue weighted by Gasteiger charge is 1.99. The molecule has 2 aromatic rings. The summed E-state index contributed by atoms with van der Waals surface area (Å²) in [6.45, 7) is 2.02. The van der Waals surface area contributed by atoms with Gasteiger partial charge in [0.05, 0.1) is 0 Å². The molecule has 2 N–H and O–H groups in total. The number of nitrogen functional groups attached to an aromatic ring is 1. The van der Waals surface area contributed by atoms with E-state index in [4.69, 9.17) is 13.6 Å². The van der Waals surface area contributed by atoms with Gasteiger partial charge in [0.2, 0.25) is 0 Å². The first-order valence-electron chi connectivity index (χ1n) is 4.23. The SMILES string of the molecule is [B]c1ccc2c(C)c(N)ccc2c1. The van der Waals surface area contributed by atoms with Crippen LogP contribution in [0.4, 0.5) is 5.69 Å². The number of anilines is 1. The van der Waals surface area contributed by atoms with Crippen molar-refractivity contribution in [3.63, 3.8) is 0 Å². The average molecular weight is 167 g/mol. The summed E-state index contributed by atoms with van der Waals surface area (Å²) in [6.07, 6.45) is 0. The summed E-state index contributed by atoms with van der Waals surface area (Å²) in [6, 6.07) is 9.78. The predicted octanol–water partition coefficient (Wildman–Crippen LogP) is 1.52. The van der Waals surface area contributed by atoms with Crippen LogP contribution < -0.4 is 11.2 Å². The number of aryl methyl sites for hydroxylation is 1. The van der Waals surface area contributed by atoms with Gasteiger partial charge in [-0.15, -0.1) is 0 Å². The molecule has 62 valence electrons. The smallest absolute Gasteiger partial charge is 0.113 e. The minimum absolute atomic E-state index is 0.789. The molecule has 0 heterocycles. The van der Waals surface area contributed by atoms with E-state index < -0.39 is 0 Å². The minimum Gasteiger partial charge on any atom is -0.398 e. The van der Waals surface area contributed by atoms with Crippen molar-refractivity contribution in [1.29, 1.82) is 0 Å². The zero-order valence-corrected chi connectivity index (χ0v) is 7.54.